The number of aromatic amines is 1. The van der Waals surface area contributed by atoms with Crippen LogP contribution in [-0.4, -0.2) is 54.1 Å². The molecule has 12 nitrogen and oxygen atoms in total. The number of carbonyl (C=O) groups excluding carboxylic acids is 2. The van der Waals surface area contributed by atoms with Crippen molar-refractivity contribution in [1.29, 1.82) is 0 Å². The molecular weight excluding hydrogens is 514 g/mol. The number of hydrogen-bond donors (Lipinski definition) is 4. The lowest BCUT2D eigenvalue weighted by molar-refractivity contribution is -0.123. The quantitative estimate of drug-likeness (QED) is 0.237. The van der Waals surface area contributed by atoms with E-state index in [0.29, 0.717) is 27.5 Å². The summed E-state index contributed by atoms with van der Waals surface area (Å²) in [6.45, 7) is 0. The van der Waals surface area contributed by atoms with Crippen molar-refractivity contribution >= 4 is 41.1 Å². The second-order valence-electron chi connectivity index (χ2n) is 7.99. The smallest absolute Gasteiger partial charge is 0.335 e. The highest BCUT2D eigenvalue weighted by molar-refractivity contribution is 6.30. The monoisotopic (exact) mass is 533 g/mol. The number of anilines is 1. The first-order valence-electron chi connectivity index (χ1n) is 11.1. The predicted molar refractivity (Wildman–Crippen MR) is 138 cm³/mol. The van der Waals surface area contributed by atoms with Crippen LogP contribution in [0.2, 0.25) is 5.02 Å². The normalized spacial score (nSPS) is 11.7. The van der Waals surface area contributed by atoms with Crippen LogP contribution in [0.5, 0.6) is 0 Å². The molecule has 0 aliphatic carbocycles. The van der Waals surface area contributed by atoms with Crippen molar-refractivity contribution in [1.82, 2.24) is 30.5 Å². The van der Waals surface area contributed by atoms with Crippen LogP contribution in [0.25, 0.3) is 11.8 Å². The number of nitrogens with one attached hydrogen (secondary N) is 3. The molecule has 38 heavy (non-hydrogen) atoms. The summed E-state index contributed by atoms with van der Waals surface area (Å²) in [5.74, 6) is -2.21. The second-order valence-corrected chi connectivity index (χ2v) is 8.43. The van der Waals surface area contributed by atoms with E-state index >= 15 is 0 Å². The summed E-state index contributed by atoms with van der Waals surface area (Å²) in [4.78, 5) is 51.0. The van der Waals surface area contributed by atoms with Gasteiger partial charge in [0.25, 0.3) is 0 Å². The Kier molecular flexibility index (Phi) is 8.04. The van der Waals surface area contributed by atoms with E-state index in [0.717, 1.165) is 0 Å². The van der Waals surface area contributed by atoms with Gasteiger partial charge in [-0.1, -0.05) is 17.7 Å². The molecule has 13 heteroatoms. The minimum absolute atomic E-state index is 0.0632. The number of amides is 2. The number of aromatic nitrogens is 5. The van der Waals surface area contributed by atoms with Gasteiger partial charge in [-0.2, -0.15) is 4.68 Å². The Morgan fingerprint density at radius 1 is 1.11 bits per heavy atom. The number of halogens is 1. The van der Waals surface area contributed by atoms with Gasteiger partial charge in [-0.15, -0.1) is 5.10 Å². The van der Waals surface area contributed by atoms with E-state index in [1.54, 1.807) is 24.3 Å². The van der Waals surface area contributed by atoms with Crippen LogP contribution < -0.4 is 16.2 Å². The lowest BCUT2D eigenvalue weighted by atomic mass is 10.1. The zero-order valence-electron chi connectivity index (χ0n) is 19.5. The largest absolute Gasteiger partial charge is 0.478 e. The van der Waals surface area contributed by atoms with Crippen molar-refractivity contribution in [3.63, 3.8) is 0 Å². The summed E-state index contributed by atoms with van der Waals surface area (Å²) in [6, 6.07) is 12.4. The van der Waals surface area contributed by atoms with Crippen molar-refractivity contribution in [2.24, 2.45) is 0 Å². The first kappa shape index (κ1) is 26.0. The number of tetrazole rings is 1. The molecule has 2 aromatic heterocycles. The molecule has 0 aliphatic rings. The van der Waals surface area contributed by atoms with Gasteiger partial charge >= 0.3 is 5.97 Å². The fourth-order valence-electron chi connectivity index (χ4n) is 3.46. The predicted octanol–water partition coefficient (Wildman–Crippen LogP) is 2.08. The van der Waals surface area contributed by atoms with Gasteiger partial charge in [0.1, 0.15) is 12.4 Å². The molecule has 4 N–H and O–H groups in total. The molecule has 1 unspecified atom stereocenters. The Hall–Kier alpha value is -5.10. The lowest BCUT2D eigenvalue weighted by Gasteiger charge is -2.18. The van der Waals surface area contributed by atoms with Crippen LogP contribution >= 0.6 is 11.6 Å². The molecule has 2 amide bonds. The third-order valence-corrected chi connectivity index (χ3v) is 5.56. The Balaban J connectivity index is 1.53. The average molecular weight is 534 g/mol. The fraction of sp³-hybridized carbons (Fsp3) is 0.0800. The highest BCUT2D eigenvalue weighted by Gasteiger charge is 2.21. The maximum Gasteiger partial charge on any atom is 0.335 e. The Morgan fingerprint density at radius 3 is 2.55 bits per heavy atom. The number of nitrogens with zero attached hydrogens (tertiary/aromatic N) is 4. The van der Waals surface area contributed by atoms with Gasteiger partial charge in [-0.05, 0) is 64.5 Å². The van der Waals surface area contributed by atoms with Crippen LogP contribution in [-0.2, 0) is 16.0 Å². The number of pyridine rings is 1. The van der Waals surface area contributed by atoms with Gasteiger partial charge in [0.15, 0.2) is 0 Å². The number of carboxylic acids is 1. The van der Waals surface area contributed by atoms with E-state index in [4.69, 9.17) is 16.7 Å². The maximum atomic E-state index is 13.1. The molecule has 1 atom stereocenters. The summed E-state index contributed by atoms with van der Waals surface area (Å²) in [5.41, 5.74) is 1.84. The molecule has 192 valence electrons. The molecule has 0 aliphatic heterocycles. The van der Waals surface area contributed by atoms with Gasteiger partial charge in [0.05, 0.1) is 11.3 Å². The van der Waals surface area contributed by atoms with Crippen LogP contribution in [0.4, 0.5) is 5.69 Å². The van der Waals surface area contributed by atoms with Gasteiger partial charge in [-0.3, -0.25) is 14.4 Å². The number of carbonyl (C=O) groups is 3. The number of benzene rings is 2. The van der Waals surface area contributed by atoms with Crippen LogP contribution in [0, 0.1) is 0 Å². The third kappa shape index (κ3) is 6.77. The second kappa shape index (κ2) is 11.8. The summed E-state index contributed by atoms with van der Waals surface area (Å²) in [6.07, 6.45) is 5.68. The van der Waals surface area contributed by atoms with E-state index in [9.17, 15) is 19.2 Å². The molecule has 0 fully saturated rings. The number of aromatic carboxylic acids is 1. The van der Waals surface area contributed by atoms with Gasteiger partial charge in [-0.25, -0.2) is 4.79 Å². The minimum atomic E-state index is -1.10. The summed E-state index contributed by atoms with van der Waals surface area (Å²) in [7, 11) is 0. The van der Waals surface area contributed by atoms with Crippen molar-refractivity contribution in [2.45, 2.75) is 12.5 Å². The molecule has 0 bridgehead atoms. The number of carboxylic acid groups (broad SMARTS) is 1. The Labute approximate surface area is 220 Å². The average Bonchev–Trinajstić information content (AvgIpc) is 3.43. The fourth-order valence-corrected chi connectivity index (χ4v) is 3.65. The molecule has 2 heterocycles. The number of rotatable bonds is 9. The first-order chi connectivity index (χ1) is 18.3. The van der Waals surface area contributed by atoms with Crippen LogP contribution in [0.3, 0.4) is 0 Å². The molecular formula is C25H20ClN7O5. The van der Waals surface area contributed by atoms with E-state index in [-0.39, 0.29) is 17.5 Å². The third-order valence-electron chi connectivity index (χ3n) is 5.32. The summed E-state index contributed by atoms with van der Waals surface area (Å²) >= 11 is 6.12. The van der Waals surface area contributed by atoms with Crippen molar-refractivity contribution < 1.29 is 19.5 Å². The molecule has 4 rings (SSSR count). The SMILES string of the molecule is O=C(C=Cc1cc(Cl)ccc1-n1cnnn1)NC(Cc1ccc(=O)[nH]c1)C(=O)Nc1ccc(C(=O)O)cc1. The first-order valence-corrected chi connectivity index (χ1v) is 11.5. The van der Waals surface area contributed by atoms with E-state index < -0.39 is 23.8 Å². The van der Waals surface area contributed by atoms with Gasteiger partial charge < -0.3 is 20.7 Å². The topological polar surface area (TPSA) is 172 Å². The zero-order valence-corrected chi connectivity index (χ0v) is 20.3. The zero-order chi connectivity index (χ0) is 27.1. The lowest BCUT2D eigenvalue weighted by Crippen LogP contribution is -2.44. The highest BCUT2D eigenvalue weighted by atomic mass is 35.5. The Morgan fingerprint density at radius 2 is 1.89 bits per heavy atom. The molecule has 2 aromatic carbocycles. The standard InChI is InChI=1S/C25H20ClN7O5/c26-18-5-8-21(33-14-28-31-32-33)17(12-18)4-10-23(35)30-20(11-15-1-9-22(34)27-13-15)24(36)29-19-6-2-16(3-7-19)25(37)38/h1-10,12-14,20H,11H2,(H,27,34)(H,29,36)(H,30,35)(H,37,38). The molecule has 0 saturated carbocycles. The van der Waals surface area contributed by atoms with E-state index in [1.807, 2.05) is 0 Å². The molecule has 0 radical (unpaired) electrons. The molecule has 0 saturated heterocycles. The highest BCUT2D eigenvalue weighted by Crippen LogP contribution is 2.20. The van der Waals surface area contributed by atoms with Crippen LogP contribution in [0.15, 0.2) is 78.0 Å². The summed E-state index contributed by atoms with van der Waals surface area (Å²) in [5, 5.41) is 25.9. The van der Waals surface area contributed by atoms with Crippen molar-refractivity contribution in [3.8, 4) is 5.69 Å². The Bertz CT molecular complexity index is 1530. The minimum Gasteiger partial charge on any atom is -0.478 e. The van der Waals surface area contributed by atoms with E-state index in [1.165, 1.54) is 59.7 Å². The maximum absolute atomic E-state index is 13.1. The van der Waals surface area contributed by atoms with Gasteiger partial charge in [0, 0.05) is 41.0 Å². The van der Waals surface area contributed by atoms with Gasteiger partial charge in [0.2, 0.25) is 17.4 Å². The van der Waals surface area contributed by atoms with Crippen molar-refractivity contribution in [3.05, 3.63) is 105 Å². The number of hydrogen-bond acceptors (Lipinski definition) is 7. The van der Waals surface area contributed by atoms with Crippen molar-refractivity contribution in [2.75, 3.05) is 5.32 Å². The van der Waals surface area contributed by atoms with Crippen LogP contribution in [0.1, 0.15) is 21.5 Å². The molecule has 4 aromatic rings. The molecule has 0 spiro atoms. The summed E-state index contributed by atoms with van der Waals surface area (Å²) < 4.78 is 1.41. The van der Waals surface area contributed by atoms with E-state index in [2.05, 4.69) is 31.1 Å². The number of H-pyrrole nitrogens is 1.